The Balaban J connectivity index is 1.90. The van der Waals surface area contributed by atoms with E-state index in [-0.39, 0.29) is 12.3 Å². The highest BCUT2D eigenvalue weighted by molar-refractivity contribution is 5.79. The summed E-state index contributed by atoms with van der Waals surface area (Å²) in [6, 6.07) is 6.55. The lowest BCUT2D eigenvalue weighted by Gasteiger charge is -2.13. The van der Waals surface area contributed by atoms with Gasteiger partial charge in [-0.15, -0.1) is 0 Å². The molecule has 0 saturated heterocycles. The highest BCUT2D eigenvalue weighted by Crippen LogP contribution is 2.19. The molecular formula is C14H17F2N5O2. The molecule has 0 aliphatic carbocycles. The lowest BCUT2D eigenvalue weighted by Crippen LogP contribution is -2.36. The van der Waals surface area contributed by atoms with Crippen LogP contribution in [0.5, 0.6) is 5.75 Å². The SMILES string of the molecule is CN=C(NCc1nc(C)no1)NCc1ccccc1OC(F)F. The van der Waals surface area contributed by atoms with Crippen LogP contribution < -0.4 is 15.4 Å². The van der Waals surface area contributed by atoms with Crippen molar-refractivity contribution in [2.24, 2.45) is 4.99 Å². The number of aliphatic imine (C=N–C) groups is 1. The summed E-state index contributed by atoms with van der Waals surface area (Å²) in [4.78, 5) is 8.09. The number of ether oxygens (including phenoxy) is 1. The molecule has 1 heterocycles. The second kappa shape index (κ2) is 8.06. The van der Waals surface area contributed by atoms with Gasteiger partial charge >= 0.3 is 6.61 Å². The Hall–Kier alpha value is -2.71. The zero-order valence-electron chi connectivity index (χ0n) is 12.7. The van der Waals surface area contributed by atoms with Crippen molar-refractivity contribution in [3.63, 3.8) is 0 Å². The summed E-state index contributed by atoms with van der Waals surface area (Å²) in [5, 5.41) is 9.66. The minimum absolute atomic E-state index is 0.123. The average molecular weight is 325 g/mol. The lowest BCUT2D eigenvalue weighted by molar-refractivity contribution is -0.0504. The van der Waals surface area contributed by atoms with Crippen LogP contribution in [0.4, 0.5) is 8.78 Å². The average Bonchev–Trinajstić information content (AvgIpc) is 2.94. The van der Waals surface area contributed by atoms with Crippen LogP contribution >= 0.6 is 0 Å². The van der Waals surface area contributed by atoms with E-state index in [0.29, 0.717) is 29.8 Å². The van der Waals surface area contributed by atoms with E-state index >= 15 is 0 Å². The van der Waals surface area contributed by atoms with E-state index in [2.05, 4.69) is 30.5 Å². The number of guanidine groups is 1. The minimum Gasteiger partial charge on any atom is -0.434 e. The van der Waals surface area contributed by atoms with Crippen LogP contribution in [0.1, 0.15) is 17.3 Å². The third-order valence-corrected chi connectivity index (χ3v) is 2.84. The molecule has 0 unspecified atom stereocenters. The van der Waals surface area contributed by atoms with E-state index in [0.717, 1.165) is 0 Å². The Morgan fingerprint density at radius 2 is 2.04 bits per heavy atom. The van der Waals surface area contributed by atoms with Gasteiger partial charge in [-0.1, -0.05) is 23.4 Å². The largest absolute Gasteiger partial charge is 0.434 e. The molecular weight excluding hydrogens is 308 g/mol. The number of alkyl halides is 2. The third kappa shape index (κ3) is 5.20. The molecule has 2 N–H and O–H groups in total. The van der Waals surface area contributed by atoms with E-state index < -0.39 is 6.61 Å². The maximum atomic E-state index is 12.4. The van der Waals surface area contributed by atoms with Crippen molar-refractivity contribution in [1.82, 2.24) is 20.8 Å². The van der Waals surface area contributed by atoms with Gasteiger partial charge in [-0.3, -0.25) is 4.99 Å². The van der Waals surface area contributed by atoms with Crippen molar-refractivity contribution in [2.45, 2.75) is 26.6 Å². The standard InChI is InChI=1S/C14H17F2N5O2/c1-9-20-12(23-21-9)8-19-14(17-2)18-7-10-5-3-4-6-11(10)22-13(15)16/h3-6,13H,7-8H2,1-2H3,(H2,17,18,19). The van der Waals surface area contributed by atoms with Gasteiger partial charge in [0.25, 0.3) is 0 Å². The summed E-state index contributed by atoms with van der Waals surface area (Å²) in [7, 11) is 1.59. The summed E-state index contributed by atoms with van der Waals surface area (Å²) in [6.07, 6.45) is 0. The molecule has 124 valence electrons. The van der Waals surface area contributed by atoms with Crippen LogP contribution in [0.3, 0.4) is 0 Å². The quantitative estimate of drug-likeness (QED) is 0.623. The molecule has 0 aliphatic rings. The molecule has 2 rings (SSSR count). The van der Waals surface area contributed by atoms with Gasteiger partial charge in [0.15, 0.2) is 11.8 Å². The van der Waals surface area contributed by atoms with Gasteiger partial charge < -0.3 is 19.9 Å². The smallest absolute Gasteiger partial charge is 0.387 e. The Morgan fingerprint density at radius 3 is 2.70 bits per heavy atom. The number of nitrogens with zero attached hydrogens (tertiary/aromatic N) is 3. The number of para-hydroxylation sites is 1. The number of hydrogen-bond acceptors (Lipinski definition) is 5. The van der Waals surface area contributed by atoms with Gasteiger partial charge in [0.2, 0.25) is 5.89 Å². The molecule has 9 heteroatoms. The highest BCUT2D eigenvalue weighted by Gasteiger charge is 2.10. The monoisotopic (exact) mass is 325 g/mol. The summed E-state index contributed by atoms with van der Waals surface area (Å²) in [5.74, 6) is 1.56. The molecule has 1 aromatic heterocycles. The molecule has 0 spiro atoms. The van der Waals surface area contributed by atoms with Gasteiger partial charge in [-0.05, 0) is 13.0 Å². The van der Waals surface area contributed by atoms with Crippen molar-refractivity contribution < 1.29 is 18.0 Å². The van der Waals surface area contributed by atoms with Crippen LogP contribution in [0.2, 0.25) is 0 Å². The van der Waals surface area contributed by atoms with Gasteiger partial charge in [-0.25, -0.2) is 0 Å². The van der Waals surface area contributed by atoms with Crippen molar-refractivity contribution in [2.75, 3.05) is 7.05 Å². The number of aromatic nitrogens is 2. The first kappa shape index (κ1) is 16.7. The van der Waals surface area contributed by atoms with Gasteiger partial charge in [-0.2, -0.15) is 13.8 Å². The third-order valence-electron chi connectivity index (χ3n) is 2.84. The molecule has 23 heavy (non-hydrogen) atoms. The second-order valence-corrected chi connectivity index (χ2v) is 4.50. The summed E-state index contributed by atoms with van der Waals surface area (Å²) in [6.45, 7) is -0.574. The van der Waals surface area contributed by atoms with E-state index in [4.69, 9.17) is 4.52 Å². The molecule has 1 aromatic carbocycles. The van der Waals surface area contributed by atoms with E-state index in [1.54, 1.807) is 32.2 Å². The van der Waals surface area contributed by atoms with E-state index in [1.807, 2.05) is 0 Å². The molecule has 2 aromatic rings. The minimum atomic E-state index is -2.87. The lowest BCUT2D eigenvalue weighted by atomic mass is 10.2. The Labute approximate surface area is 131 Å². The molecule has 0 fully saturated rings. The zero-order valence-corrected chi connectivity index (χ0v) is 12.7. The number of benzene rings is 1. The molecule has 7 nitrogen and oxygen atoms in total. The number of hydrogen-bond donors (Lipinski definition) is 2. The maximum Gasteiger partial charge on any atom is 0.387 e. The number of rotatable bonds is 6. The van der Waals surface area contributed by atoms with Crippen LogP contribution in [0, 0.1) is 6.92 Å². The normalized spacial score (nSPS) is 11.6. The van der Waals surface area contributed by atoms with Crippen LogP contribution in [-0.4, -0.2) is 29.8 Å². The van der Waals surface area contributed by atoms with E-state index in [9.17, 15) is 8.78 Å². The van der Waals surface area contributed by atoms with E-state index in [1.165, 1.54) is 6.07 Å². The van der Waals surface area contributed by atoms with Crippen LogP contribution in [0.15, 0.2) is 33.8 Å². The fraction of sp³-hybridized carbons (Fsp3) is 0.357. The fourth-order valence-corrected chi connectivity index (χ4v) is 1.83. The molecule has 0 atom stereocenters. The highest BCUT2D eigenvalue weighted by atomic mass is 19.3. The first-order chi connectivity index (χ1) is 11.1. The van der Waals surface area contributed by atoms with Gasteiger partial charge in [0.1, 0.15) is 5.75 Å². The van der Waals surface area contributed by atoms with Crippen LogP contribution in [-0.2, 0) is 13.1 Å². The number of halogens is 2. The Kier molecular flexibility index (Phi) is 5.84. The molecule has 0 bridgehead atoms. The molecule has 0 saturated carbocycles. The molecule has 0 aliphatic heterocycles. The summed E-state index contributed by atoms with van der Waals surface area (Å²) < 4.78 is 34.2. The predicted octanol–water partition coefficient (Wildman–Crippen LogP) is 1.84. The summed E-state index contributed by atoms with van der Waals surface area (Å²) >= 11 is 0. The zero-order chi connectivity index (χ0) is 16.7. The first-order valence-electron chi connectivity index (χ1n) is 6.85. The van der Waals surface area contributed by atoms with Crippen molar-refractivity contribution in [3.8, 4) is 5.75 Å². The second-order valence-electron chi connectivity index (χ2n) is 4.50. The first-order valence-corrected chi connectivity index (χ1v) is 6.85. The van der Waals surface area contributed by atoms with Gasteiger partial charge in [0.05, 0.1) is 6.54 Å². The van der Waals surface area contributed by atoms with Crippen molar-refractivity contribution >= 4 is 5.96 Å². The Morgan fingerprint density at radius 1 is 1.30 bits per heavy atom. The van der Waals surface area contributed by atoms with Crippen molar-refractivity contribution in [1.29, 1.82) is 0 Å². The predicted molar refractivity (Wildman–Crippen MR) is 79.1 cm³/mol. The molecule has 0 amide bonds. The van der Waals surface area contributed by atoms with Gasteiger partial charge in [0, 0.05) is 19.2 Å². The summed E-state index contributed by atoms with van der Waals surface area (Å²) in [5.41, 5.74) is 0.587. The molecule has 0 radical (unpaired) electrons. The maximum absolute atomic E-state index is 12.4. The number of nitrogens with one attached hydrogen (secondary N) is 2. The fourth-order valence-electron chi connectivity index (χ4n) is 1.83. The van der Waals surface area contributed by atoms with Crippen molar-refractivity contribution in [3.05, 3.63) is 41.5 Å². The Bertz CT molecular complexity index is 660. The number of aryl methyl sites for hydroxylation is 1. The topological polar surface area (TPSA) is 84.6 Å². The van der Waals surface area contributed by atoms with Crippen LogP contribution in [0.25, 0.3) is 0 Å².